The predicted molar refractivity (Wildman–Crippen MR) is 148 cm³/mol. The van der Waals surface area contributed by atoms with Gasteiger partial charge in [0.2, 0.25) is 5.50 Å². The molecule has 0 saturated carbocycles. The van der Waals surface area contributed by atoms with Gasteiger partial charge in [-0.25, -0.2) is 4.39 Å². The van der Waals surface area contributed by atoms with Crippen molar-refractivity contribution in [3.63, 3.8) is 0 Å². The van der Waals surface area contributed by atoms with E-state index in [0.717, 1.165) is 25.7 Å². The number of unbranched alkanes of at least 4 members (excludes halogenated alkanes) is 22. The number of hydrogen-bond acceptors (Lipinski definition) is 3. The molecule has 6 heteroatoms. The minimum absolute atomic E-state index is 0. The molecule has 0 bridgehead atoms. The molecule has 0 aromatic carbocycles. The third-order valence-corrected chi connectivity index (χ3v) is 8.20. The molecule has 0 aromatic rings. The molecule has 3 nitrogen and oxygen atoms in total. The molecule has 0 aliphatic carbocycles. The van der Waals surface area contributed by atoms with Crippen molar-refractivity contribution in [2.24, 2.45) is 0 Å². The zero-order valence-electron chi connectivity index (χ0n) is 25.0. The summed E-state index contributed by atoms with van der Waals surface area (Å²) in [5.74, 6) is 0. The molecular weight excluding hydrogens is 486 g/mol. The molecule has 35 heavy (non-hydrogen) atoms. The van der Waals surface area contributed by atoms with Crippen molar-refractivity contribution in [3.05, 3.63) is 0 Å². The van der Waals surface area contributed by atoms with E-state index in [2.05, 4.69) is 13.8 Å². The van der Waals surface area contributed by atoms with Gasteiger partial charge in [-0.3, -0.25) is 4.18 Å². The van der Waals surface area contributed by atoms with Crippen LogP contribution in [0.15, 0.2) is 0 Å². The van der Waals surface area contributed by atoms with Gasteiger partial charge < -0.3 is 1.43 Å². The van der Waals surface area contributed by atoms with Gasteiger partial charge in [-0.05, 0) is 19.3 Å². The average Bonchev–Trinajstić information content (AvgIpc) is 2.82. The normalized spacial score (nSPS) is 12.5. The maximum atomic E-state index is 14.1. The predicted octanol–water partition coefficient (Wildman–Crippen LogP) is 7.54. The second kappa shape index (κ2) is 30.0. The third-order valence-electron chi connectivity index (χ3n) is 6.84. The molecular formula is C29H60FKO3S. The van der Waals surface area contributed by atoms with Crippen molar-refractivity contribution in [1.82, 2.24) is 0 Å². The van der Waals surface area contributed by atoms with Crippen LogP contribution in [-0.4, -0.2) is 20.5 Å². The van der Waals surface area contributed by atoms with Gasteiger partial charge in [0, 0.05) is 0 Å². The standard InChI is InChI=1S/C29H59FO3S.K.H/c1-3-5-7-9-11-13-14-15-16-17-18-19-20-22-24-26-28-33-34(31,32)29(30)27-25-23-21-12-10-8-6-4-2;;/h29H,3-28H2,1-2H3;;/q;+1;-1. The van der Waals surface area contributed by atoms with Gasteiger partial charge in [0.15, 0.2) is 0 Å². The zero-order valence-corrected chi connectivity index (χ0v) is 27.9. The summed E-state index contributed by atoms with van der Waals surface area (Å²) in [4.78, 5) is 0. The number of rotatable bonds is 28. The molecule has 0 amide bonds. The van der Waals surface area contributed by atoms with Crippen molar-refractivity contribution >= 4 is 10.1 Å². The first-order chi connectivity index (χ1) is 16.5. The first-order valence-electron chi connectivity index (χ1n) is 15.1. The summed E-state index contributed by atoms with van der Waals surface area (Å²) >= 11 is 0. The van der Waals surface area contributed by atoms with E-state index in [9.17, 15) is 12.8 Å². The van der Waals surface area contributed by atoms with Crippen molar-refractivity contribution < 1.29 is 69.8 Å². The number of alkyl halides is 1. The van der Waals surface area contributed by atoms with Crippen LogP contribution >= 0.6 is 0 Å². The summed E-state index contributed by atoms with van der Waals surface area (Å²) in [6.45, 7) is 4.59. The van der Waals surface area contributed by atoms with E-state index < -0.39 is 15.6 Å². The molecule has 0 rings (SSSR count). The molecule has 1 atom stereocenters. The van der Waals surface area contributed by atoms with Crippen LogP contribution in [0.2, 0.25) is 0 Å². The second-order valence-corrected chi connectivity index (χ2v) is 12.0. The minimum Gasteiger partial charge on any atom is -1.00 e. The molecule has 0 spiro atoms. The smallest absolute Gasteiger partial charge is 1.00 e. The van der Waals surface area contributed by atoms with Crippen LogP contribution in [-0.2, 0) is 14.3 Å². The Kier molecular flexibility index (Phi) is 33.1. The largest absolute Gasteiger partial charge is 1.00 e. The van der Waals surface area contributed by atoms with Crippen molar-refractivity contribution in [2.75, 3.05) is 6.61 Å². The van der Waals surface area contributed by atoms with Gasteiger partial charge in [-0.15, -0.1) is 0 Å². The topological polar surface area (TPSA) is 43.4 Å². The summed E-state index contributed by atoms with van der Waals surface area (Å²) in [6, 6.07) is 0. The Labute approximate surface area is 263 Å². The maximum absolute atomic E-state index is 14.1. The molecule has 0 aliphatic heterocycles. The van der Waals surface area contributed by atoms with E-state index >= 15 is 0 Å². The van der Waals surface area contributed by atoms with Crippen LogP contribution in [0.4, 0.5) is 4.39 Å². The van der Waals surface area contributed by atoms with E-state index in [-0.39, 0.29) is 65.8 Å². The Hall–Kier alpha value is 1.48. The summed E-state index contributed by atoms with van der Waals surface area (Å²) < 4.78 is 42.8. The first-order valence-corrected chi connectivity index (χ1v) is 16.5. The Balaban J connectivity index is -0.00000544. The Bertz CT molecular complexity index is 509. The number of halogens is 1. The van der Waals surface area contributed by atoms with Gasteiger partial charge in [-0.2, -0.15) is 8.42 Å². The van der Waals surface area contributed by atoms with E-state index in [1.165, 1.54) is 116 Å². The summed E-state index contributed by atoms with van der Waals surface area (Å²) in [7, 11) is -4.05. The molecule has 0 aromatic heterocycles. The second-order valence-electron chi connectivity index (χ2n) is 10.3. The van der Waals surface area contributed by atoms with Crippen LogP contribution < -0.4 is 51.4 Å². The Morgan fingerprint density at radius 1 is 0.543 bits per heavy atom. The molecule has 0 saturated heterocycles. The Morgan fingerprint density at radius 2 is 0.829 bits per heavy atom. The average molecular weight is 547 g/mol. The van der Waals surface area contributed by atoms with Crippen LogP contribution in [0.1, 0.15) is 176 Å². The summed E-state index contributed by atoms with van der Waals surface area (Å²) in [5, 5.41) is 0. The Morgan fingerprint density at radius 3 is 1.17 bits per heavy atom. The van der Waals surface area contributed by atoms with E-state index in [1.807, 2.05) is 0 Å². The maximum Gasteiger partial charge on any atom is 1.00 e. The molecule has 0 N–H and O–H groups in total. The molecule has 0 fully saturated rings. The fourth-order valence-electron chi connectivity index (χ4n) is 4.48. The molecule has 1 unspecified atom stereocenters. The molecule has 208 valence electrons. The number of hydrogen-bond donors (Lipinski definition) is 0. The quantitative estimate of drug-likeness (QED) is 0.0578. The van der Waals surface area contributed by atoms with E-state index in [1.54, 1.807) is 0 Å². The SMILES string of the molecule is CCCCCCCCCCCCCCCCCCOS(=O)(=O)C(F)CCCCCCCCCC.[H-].[K+]. The fourth-order valence-corrected chi connectivity index (χ4v) is 5.44. The monoisotopic (exact) mass is 546 g/mol. The first kappa shape index (κ1) is 38.6. The third kappa shape index (κ3) is 28.3. The van der Waals surface area contributed by atoms with Gasteiger partial charge in [-0.1, -0.05) is 155 Å². The van der Waals surface area contributed by atoms with E-state index in [0.29, 0.717) is 12.8 Å². The van der Waals surface area contributed by atoms with Crippen LogP contribution in [0.25, 0.3) is 0 Å². The van der Waals surface area contributed by atoms with Gasteiger partial charge in [0.25, 0.3) is 10.1 Å². The summed E-state index contributed by atoms with van der Waals surface area (Å²) in [5.41, 5.74) is -1.87. The van der Waals surface area contributed by atoms with Gasteiger partial charge in [0.1, 0.15) is 0 Å². The van der Waals surface area contributed by atoms with Gasteiger partial charge in [0.05, 0.1) is 6.61 Å². The van der Waals surface area contributed by atoms with Crippen molar-refractivity contribution in [3.8, 4) is 0 Å². The summed E-state index contributed by atoms with van der Waals surface area (Å²) in [6.07, 6.45) is 29.2. The fraction of sp³-hybridized carbons (Fsp3) is 1.00. The van der Waals surface area contributed by atoms with Crippen LogP contribution in [0, 0.1) is 0 Å². The molecule has 0 heterocycles. The molecule has 0 radical (unpaired) electrons. The molecule has 0 aliphatic rings. The van der Waals surface area contributed by atoms with Crippen LogP contribution in [0.5, 0.6) is 0 Å². The van der Waals surface area contributed by atoms with E-state index in [4.69, 9.17) is 4.18 Å². The van der Waals surface area contributed by atoms with Gasteiger partial charge >= 0.3 is 51.4 Å². The van der Waals surface area contributed by atoms with Crippen LogP contribution in [0.3, 0.4) is 0 Å². The van der Waals surface area contributed by atoms with Crippen molar-refractivity contribution in [2.45, 2.75) is 180 Å². The minimum atomic E-state index is -4.05. The van der Waals surface area contributed by atoms with Crippen molar-refractivity contribution in [1.29, 1.82) is 0 Å². The zero-order chi connectivity index (χ0) is 25.2.